The maximum Gasteiger partial charge on any atom is 0.334 e. The van der Waals surface area contributed by atoms with Gasteiger partial charge in [-0.05, 0) is 18.9 Å². The lowest BCUT2D eigenvalue weighted by atomic mass is 9.77. The highest BCUT2D eigenvalue weighted by Crippen LogP contribution is 2.44. The van der Waals surface area contributed by atoms with Gasteiger partial charge in [-0.15, -0.1) is 0 Å². The first-order chi connectivity index (χ1) is 10.7. The monoisotopic (exact) mass is 292 g/mol. The van der Waals surface area contributed by atoms with Gasteiger partial charge in [-0.25, -0.2) is 4.79 Å². The number of hydrogen-bond donors (Lipinski definition) is 0. The van der Waals surface area contributed by atoms with Crippen LogP contribution in [0.2, 0.25) is 0 Å². The number of benzene rings is 1. The van der Waals surface area contributed by atoms with E-state index < -0.39 is 17.3 Å². The van der Waals surface area contributed by atoms with Gasteiger partial charge in [0.05, 0.1) is 18.7 Å². The molecule has 1 unspecified atom stereocenters. The summed E-state index contributed by atoms with van der Waals surface area (Å²) in [6.07, 6.45) is 5.45. The van der Waals surface area contributed by atoms with E-state index >= 15 is 0 Å². The van der Waals surface area contributed by atoms with Crippen molar-refractivity contribution in [3.63, 3.8) is 0 Å². The van der Waals surface area contributed by atoms with Crippen molar-refractivity contribution in [1.82, 2.24) is 0 Å². The molecule has 0 saturated carbocycles. The molecule has 22 heavy (non-hydrogen) atoms. The third-order valence-corrected chi connectivity index (χ3v) is 3.70. The van der Waals surface area contributed by atoms with Crippen LogP contribution in [0.1, 0.15) is 18.9 Å². The molecule has 0 bridgehead atoms. The molecule has 2 rings (SSSR count). The number of nitrogens with zero attached hydrogens (tertiary/aromatic N) is 2. The fraction of sp³-hybridized carbons (Fsp3) is 0.278. The molecule has 0 radical (unpaired) electrons. The molecule has 1 aromatic rings. The molecular formula is C18H16N2O2. The van der Waals surface area contributed by atoms with Crippen LogP contribution in [0.5, 0.6) is 0 Å². The Balaban J connectivity index is 2.34. The Hall–Kier alpha value is -2.85. The van der Waals surface area contributed by atoms with Crippen LogP contribution in [0.3, 0.4) is 0 Å². The molecule has 110 valence electrons. The van der Waals surface area contributed by atoms with Gasteiger partial charge in [0.15, 0.2) is 5.41 Å². The quantitative estimate of drug-likeness (QED) is 0.798. The van der Waals surface area contributed by atoms with E-state index in [0.717, 1.165) is 5.56 Å². The lowest BCUT2D eigenvalue weighted by Gasteiger charge is -2.20. The summed E-state index contributed by atoms with van der Waals surface area (Å²) in [6, 6.07) is 13.7. The molecule has 1 aliphatic rings. The average molecular weight is 292 g/mol. The normalized spacial score (nSPS) is 19.2. The molecule has 1 aliphatic carbocycles. The Labute approximate surface area is 129 Å². The summed E-state index contributed by atoms with van der Waals surface area (Å²) in [6.45, 7) is 1.99. The second kappa shape index (κ2) is 6.74. The van der Waals surface area contributed by atoms with Crippen LogP contribution in [0.25, 0.3) is 6.08 Å². The van der Waals surface area contributed by atoms with E-state index in [1.807, 2.05) is 36.4 Å². The predicted octanol–water partition coefficient (Wildman–Crippen LogP) is 3.24. The van der Waals surface area contributed by atoms with E-state index in [4.69, 9.17) is 4.74 Å². The van der Waals surface area contributed by atoms with Crippen molar-refractivity contribution >= 4 is 12.0 Å². The number of allylic oxidation sites excluding steroid dienone is 2. The molecular weight excluding hydrogens is 276 g/mol. The standard InChI is InChI=1S/C18H16N2O2/c1-2-22-17(21)15-10-11-18(12-19,13-20)16(15)9-8-14-6-4-3-5-7-14/h3-10,16H,2,11H2,1H3/b9-8+. The van der Waals surface area contributed by atoms with E-state index in [1.54, 1.807) is 19.1 Å². The molecule has 0 aliphatic heterocycles. The molecule has 0 heterocycles. The van der Waals surface area contributed by atoms with Crippen molar-refractivity contribution in [2.24, 2.45) is 11.3 Å². The zero-order valence-corrected chi connectivity index (χ0v) is 12.3. The third kappa shape index (κ3) is 2.92. The van der Waals surface area contributed by atoms with Crippen LogP contribution in [-0.2, 0) is 9.53 Å². The van der Waals surface area contributed by atoms with Crippen LogP contribution in [0, 0.1) is 34.0 Å². The fourth-order valence-corrected chi connectivity index (χ4v) is 2.51. The smallest absolute Gasteiger partial charge is 0.334 e. The highest BCUT2D eigenvalue weighted by atomic mass is 16.5. The molecule has 0 aromatic heterocycles. The molecule has 0 saturated heterocycles. The van der Waals surface area contributed by atoms with Gasteiger partial charge in [-0.3, -0.25) is 0 Å². The number of hydrogen-bond acceptors (Lipinski definition) is 4. The Kier molecular flexibility index (Phi) is 4.76. The third-order valence-electron chi connectivity index (χ3n) is 3.70. The minimum Gasteiger partial charge on any atom is -0.463 e. The Morgan fingerprint density at radius 3 is 2.64 bits per heavy atom. The van der Waals surface area contributed by atoms with Gasteiger partial charge >= 0.3 is 5.97 Å². The molecule has 4 heteroatoms. The maximum atomic E-state index is 12.0. The Morgan fingerprint density at radius 2 is 2.05 bits per heavy atom. The van der Waals surface area contributed by atoms with E-state index in [9.17, 15) is 15.3 Å². The molecule has 1 aromatic carbocycles. The lowest BCUT2D eigenvalue weighted by Crippen LogP contribution is -2.25. The van der Waals surface area contributed by atoms with Crippen molar-refractivity contribution in [3.8, 4) is 12.1 Å². The van der Waals surface area contributed by atoms with Gasteiger partial charge in [0.25, 0.3) is 0 Å². The first-order valence-corrected chi connectivity index (χ1v) is 7.10. The van der Waals surface area contributed by atoms with Gasteiger partial charge in [0.2, 0.25) is 0 Å². The van der Waals surface area contributed by atoms with Gasteiger partial charge in [0, 0.05) is 11.5 Å². The largest absolute Gasteiger partial charge is 0.463 e. The Morgan fingerprint density at radius 1 is 1.36 bits per heavy atom. The molecule has 1 atom stereocenters. The SMILES string of the molecule is CCOC(=O)C1=CCC(C#N)(C#N)C1/C=C/c1ccccc1. The van der Waals surface area contributed by atoms with E-state index in [1.165, 1.54) is 0 Å². The van der Waals surface area contributed by atoms with Crippen molar-refractivity contribution in [1.29, 1.82) is 10.5 Å². The fourth-order valence-electron chi connectivity index (χ4n) is 2.51. The first-order valence-electron chi connectivity index (χ1n) is 7.10. The maximum absolute atomic E-state index is 12.0. The number of carbonyl (C=O) groups is 1. The zero-order chi connectivity index (χ0) is 16.0. The number of ether oxygens (including phenoxy) is 1. The van der Waals surface area contributed by atoms with Gasteiger partial charge in [-0.2, -0.15) is 10.5 Å². The summed E-state index contributed by atoms with van der Waals surface area (Å²) in [5, 5.41) is 18.8. The topological polar surface area (TPSA) is 73.9 Å². The molecule has 4 nitrogen and oxygen atoms in total. The highest BCUT2D eigenvalue weighted by molar-refractivity contribution is 5.91. The summed E-state index contributed by atoms with van der Waals surface area (Å²) in [5.74, 6) is -1.04. The minimum absolute atomic E-state index is 0.234. The van der Waals surface area contributed by atoms with E-state index in [0.29, 0.717) is 5.57 Å². The average Bonchev–Trinajstić information content (AvgIpc) is 2.93. The number of esters is 1. The van der Waals surface area contributed by atoms with Crippen molar-refractivity contribution in [3.05, 3.63) is 53.6 Å². The minimum atomic E-state index is -1.24. The van der Waals surface area contributed by atoms with Crippen LogP contribution in [-0.4, -0.2) is 12.6 Å². The van der Waals surface area contributed by atoms with Crippen LogP contribution >= 0.6 is 0 Å². The lowest BCUT2D eigenvalue weighted by molar-refractivity contribution is -0.139. The van der Waals surface area contributed by atoms with Crippen molar-refractivity contribution < 1.29 is 9.53 Å². The van der Waals surface area contributed by atoms with Crippen LogP contribution < -0.4 is 0 Å². The predicted molar refractivity (Wildman–Crippen MR) is 82.0 cm³/mol. The second-order valence-electron chi connectivity index (χ2n) is 5.03. The number of carbonyl (C=O) groups excluding carboxylic acids is 1. The summed E-state index contributed by atoms with van der Waals surface area (Å²) in [7, 11) is 0. The molecule has 0 amide bonds. The zero-order valence-electron chi connectivity index (χ0n) is 12.3. The van der Waals surface area contributed by atoms with E-state index in [2.05, 4.69) is 12.1 Å². The molecule has 0 N–H and O–H groups in total. The van der Waals surface area contributed by atoms with Gasteiger partial charge in [-0.1, -0.05) is 48.6 Å². The second-order valence-corrected chi connectivity index (χ2v) is 5.03. The number of rotatable bonds is 4. The first kappa shape index (κ1) is 15.5. The Bertz CT molecular complexity index is 676. The number of nitriles is 2. The summed E-state index contributed by atoms with van der Waals surface area (Å²) < 4.78 is 5.03. The molecule has 0 spiro atoms. The van der Waals surface area contributed by atoms with Gasteiger partial charge in [0.1, 0.15) is 0 Å². The van der Waals surface area contributed by atoms with Gasteiger partial charge < -0.3 is 4.74 Å². The summed E-state index contributed by atoms with van der Waals surface area (Å²) >= 11 is 0. The van der Waals surface area contributed by atoms with Crippen LogP contribution in [0.15, 0.2) is 48.1 Å². The van der Waals surface area contributed by atoms with Crippen molar-refractivity contribution in [2.45, 2.75) is 13.3 Å². The summed E-state index contributed by atoms with van der Waals surface area (Å²) in [4.78, 5) is 12.0. The molecule has 0 fully saturated rings. The summed E-state index contributed by atoms with van der Waals surface area (Å²) in [5.41, 5.74) is 0.0902. The van der Waals surface area contributed by atoms with Crippen LogP contribution in [0.4, 0.5) is 0 Å². The van der Waals surface area contributed by atoms with E-state index in [-0.39, 0.29) is 13.0 Å². The van der Waals surface area contributed by atoms with Crippen molar-refractivity contribution in [2.75, 3.05) is 6.61 Å². The highest BCUT2D eigenvalue weighted by Gasteiger charge is 2.46.